The summed E-state index contributed by atoms with van der Waals surface area (Å²) in [5.74, 6) is 0.802. The number of nitrogens with two attached hydrogens (primary N) is 1. The maximum atomic E-state index is 11.3. The lowest BCUT2D eigenvalue weighted by Crippen LogP contribution is -2.26. The van der Waals surface area contributed by atoms with Gasteiger partial charge >= 0.3 is 0 Å². The second-order valence-corrected chi connectivity index (χ2v) is 3.89. The van der Waals surface area contributed by atoms with Crippen molar-refractivity contribution in [3.05, 3.63) is 30.1 Å². The van der Waals surface area contributed by atoms with Crippen LogP contribution in [0.4, 0.5) is 0 Å². The molecule has 0 fully saturated rings. The summed E-state index contributed by atoms with van der Waals surface area (Å²) < 4.78 is 1.98. The zero-order valence-electron chi connectivity index (χ0n) is 10.6. The molecular weight excluding hydrogens is 287 g/mol. The van der Waals surface area contributed by atoms with Crippen molar-refractivity contribution in [2.75, 3.05) is 6.54 Å². The van der Waals surface area contributed by atoms with Gasteiger partial charge in [0.25, 0.3) is 0 Å². The number of rotatable bonds is 4. The van der Waals surface area contributed by atoms with E-state index in [1.807, 2.05) is 35.9 Å². The van der Waals surface area contributed by atoms with E-state index in [0.717, 1.165) is 16.9 Å². The number of aromatic nitrogens is 2. The average molecular weight is 305 g/mol. The molecule has 2 aromatic rings. The quantitative estimate of drug-likeness (QED) is 0.896. The van der Waals surface area contributed by atoms with Crippen LogP contribution in [0.5, 0.6) is 0 Å². The Bertz CT molecular complexity index is 542. The standard InChI is InChI=1S/C12H16N4O.2ClH/c1-16-10-5-3-2-4-9(10)15-11(16)8-14-12(17)6-7-13;;/h2-5H,6-8,13H2,1H3,(H,14,17);2*1H. The van der Waals surface area contributed by atoms with E-state index in [1.54, 1.807) is 0 Å². The Morgan fingerprint density at radius 1 is 1.37 bits per heavy atom. The Morgan fingerprint density at radius 2 is 2.05 bits per heavy atom. The first-order valence-corrected chi connectivity index (χ1v) is 5.59. The van der Waals surface area contributed by atoms with E-state index < -0.39 is 0 Å². The van der Waals surface area contributed by atoms with Crippen molar-refractivity contribution in [2.24, 2.45) is 12.8 Å². The van der Waals surface area contributed by atoms with Crippen molar-refractivity contribution in [1.29, 1.82) is 0 Å². The summed E-state index contributed by atoms with van der Waals surface area (Å²) in [6, 6.07) is 7.89. The van der Waals surface area contributed by atoms with Crippen molar-refractivity contribution in [1.82, 2.24) is 14.9 Å². The highest BCUT2D eigenvalue weighted by Gasteiger charge is 2.07. The maximum Gasteiger partial charge on any atom is 0.221 e. The van der Waals surface area contributed by atoms with Crippen LogP contribution in [-0.4, -0.2) is 22.0 Å². The highest BCUT2D eigenvalue weighted by Crippen LogP contribution is 2.13. The number of amides is 1. The number of aryl methyl sites for hydroxylation is 1. The molecule has 7 heteroatoms. The summed E-state index contributed by atoms with van der Waals surface area (Å²) in [6.45, 7) is 0.804. The number of carbonyl (C=O) groups excluding carboxylic acids is 1. The van der Waals surface area contributed by atoms with Crippen molar-refractivity contribution >= 4 is 41.8 Å². The van der Waals surface area contributed by atoms with Crippen LogP contribution in [0.2, 0.25) is 0 Å². The molecule has 2 rings (SSSR count). The molecule has 0 spiro atoms. The van der Waals surface area contributed by atoms with Gasteiger partial charge in [-0.1, -0.05) is 12.1 Å². The number of halogens is 2. The van der Waals surface area contributed by atoms with Crippen LogP contribution in [0.1, 0.15) is 12.2 Å². The fourth-order valence-electron chi connectivity index (χ4n) is 1.75. The molecule has 1 aromatic carbocycles. The topological polar surface area (TPSA) is 72.9 Å². The zero-order chi connectivity index (χ0) is 12.3. The molecule has 106 valence electrons. The molecule has 3 N–H and O–H groups in total. The Labute approximate surface area is 124 Å². The lowest BCUT2D eigenvalue weighted by molar-refractivity contribution is -0.121. The molecule has 5 nitrogen and oxygen atoms in total. The third-order valence-electron chi connectivity index (χ3n) is 2.69. The Balaban J connectivity index is 0.00000162. The van der Waals surface area contributed by atoms with Crippen LogP contribution in [-0.2, 0) is 18.4 Å². The van der Waals surface area contributed by atoms with Gasteiger partial charge in [-0.05, 0) is 12.1 Å². The van der Waals surface area contributed by atoms with Crippen LogP contribution in [0.15, 0.2) is 24.3 Å². The van der Waals surface area contributed by atoms with E-state index in [4.69, 9.17) is 5.73 Å². The van der Waals surface area contributed by atoms with E-state index >= 15 is 0 Å². The summed E-state index contributed by atoms with van der Waals surface area (Å²) in [4.78, 5) is 15.8. The van der Waals surface area contributed by atoms with Crippen LogP contribution in [0.25, 0.3) is 11.0 Å². The van der Waals surface area contributed by atoms with Gasteiger partial charge in [0.1, 0.15) is 5.82 Å². The van der Waals surface area contributed by atoms with Gasteiger partial charge in [-0.25, -0.2) is 4.98 Å². The van der Waals surface area contributed by atoms with Crippen molar-refractivity contribution < 1.29 is 4.79 Å². The molecule has 0 bridgehead atoms. The van der Waals surface area contributed by atoms with E-state index in [-0.39, 0.29) is 30.7 Å². The Hall–Kier alpha value is -1.30. The molecule has 1 amide bonds. The number of benzene rings is 1. The first-order chi connectivity index (χ1) is 8.22. The summed E-state index contributed by atoms with van der Waals surface area (Å²) in [7, 11) is 1.94. The molecule has 1 heterocycles. The first-order valence-electron chi connectivity index (χ1n) is 5.59. The average Bonchev–Trinajstić information content (AvgIpc) is 2.65. The van der Waals surface area contributed by atoms with Crippen LogP contribution in [0, 0.1) is 0 Å². The molecule has 0 aliphatic rings. The van der Waals surface area contributed by atoms with E-state index in [1.165, 1.54) is 0 Å². The number of para-hydroxylation sites is 2. The van der Waals surface area contributed by atoms with Gasteiger partial charge in [0.15, 0.2) is 0 Å². The number of hydrogen-bond acceptors (Lipinski definition) is 3. The third kappa shape index (κ3) is 4.09. The largest absolute Gasteiger partial charge is 0.349 e. The molecule has 0 saturated carbocycles. The van der Waals surface area contributed by atoms with E-state index in [9.17, 15) is 4.79 Å². The van der Waals surface area contributed by atoms with Crippen LogP contribution in [0.3, 0.4) is 0 Å². The van der Waals surface area contributed by atoms with Gasteiger partial charge in [0.2, 0.25) is 5.91 Å². The van der Waals surface area contributed by atoms with Crippen LogP contribution < -0.4 is 11.1 Å². The summed E-state index contributed by atoms with van der Waals surface area (Å²) in [5.41, 5.74) is 7.32. The van der Waals surface area contributed by atoms with Gasteiger partial charge in [0, 0.05) is 20.0 Å². The number of carbonyl (C=O) groups is 1. The number of imidazole rings is 1. The highest BCUT2D eigenvalue weighted by atomic mass is 35.5. The molecular formula is C12H18Cl2N4O. The second-order valence-electron chi connectivity index (χ2n) is 3.89. The van der Waals surface area contributed by atoms with E-state index in [2.05, 4.69) is 10.3 Å². The minimum absolute atomic E-state index is 0. The monoisotopic (exact) mass is 304 g/mol. The minimum atomic E-state index is -0.0421. The highest BCUT2D eigenvalue weighted by molar-refractivity contribution is 5.85. The summed E-state index contributed by atoms with van der Waals surface area (Å²) >= 11 is 0. The SMILES string of the molecule is Cl.Cl.Cn1c(CNC(=O)CCN)nc2ccccc21. The Morgan fingerprint density at radius 3 is 2.68 bits per heavy atom. The van der Waals surface area contributed by atoms with Crippen LogP contribution >= 0.6 is 24.8 Å². The van der Waals surface area contributed by atoms with Gasteiger partial charge in [0.05, 0.1) is 17.6 Å². The fraction of sp³-hybridized carbons (Fsp3) is 0.333. The second kappa shape index (κ2) is 7.99. The molecule has 0 saturated heterocycles. The number of fused-ring (bicyclic) bond motifs is 1. The lowest BCUT2D eigenvalue weighted by atomic mass is 10.3. The molecule has 19 heavy (non-hydrogen) atoms. The molecule has 0 unspecified atom stereocenters. The number of nitrogens with zero attached hydrogens (tertiary/aromatic N) is 2. The predicted octanol–water partition coefficient (Wildman–Crippen LogP) is 1.38. The third-order valence-corrected chi connectivity index (χ3v) is 2.69. The first kappa shape index (κ1) is 17.7. The zero-order valence-corrected chi connectivity index (χ0v) is 12.3. The summed E-state index contributed by atoms with van der Waals surface area (Å²) in [5, 5.41) is 2.80. The minimum Gasteiger partial charge on any atom is -0.349 e. The van der Waals surface area contributed by atoms with Crippen molar-refractivity contribution in [3.8, 4) is 0 Å². The Kier molecular flexibility index (Phi) is 7.44. The molecule has 0 aliphatic heterocycles. The van der Waals surface area contributed by atoms with Gasteiger partial charge in [-0.3, -0.25) is 4.79 Å². The number of nitrogens with one attached hydrogen (secondary N) is 1. The smallest absolute Gasteiger partial charge is 0.221 e. The maximum absolute atomic E-state index is 11.3. The fourth-order valence-corrected chi connectivity index (χ4v) is 1.75. The molecule has 1 aromatic heterocycles. The molecule has 0 atom stereocenters. The van der Waals surface area contributed by atoms with Crippen molar-refractivity contribution in [3.63, 3.8) is 0 Å². The van der Waals surface area contributed by atoms with Gasteiger partial charge < -0.3 is 15.6 Å². The molecule has 0 aliphatic carbocycles. The van der Waals surface area contributed by atoms with Gasteiger partial charge in [-0.2, -0.15) is 0 Å². The van der Waals surface area contributed by atoms with Gasteiger partial charge in [-0.15, -0.1) is 24.8 Å². The number of hydrogen-bond donors (Lipinski definition) is 2. The normalized spacial score (nSPS) is 9.58. The predicted molar refractivity (Wildman–Crippen MR) is 80.7 cm³/mol. The van der Waals surface area contributed by atoms with E-state index in [0.29, 0.717) is 19.5 Å². The summed E-state index contributed by atoms with van der Waals surface area (Å²) in [6.07, 6.45) is 0.351. The lowest BCUT2D eigenvalue weighted by Gasteiger charge is -2.04. The van der Waals surface area contributed by atoms with Crippen molar-refractivity contribution in [2.45, 2.75) is 13.0 Å². The molecule has 0 radical (unpaired) electrons.